The third-order valence-corrected chi connectivity index (χ3v) is 9.26. The fraction of sp³-hybridized carbons (Fsp3) is 0.897. The normalized spacial score (nSPS) is 29.3. The first kappa shape index (κ1) is 23.7. The van der Waals surface area contributed by atoms with Gasteiger partial charge in [0.05, 0.1) is 11.1 Å². The van der Waals surface area contributed by atoms with E-state index in [1.165, 1.54) is 141 Å². The van der Waals surface area contributed by atoms with Gasteiger partial charge >= 0.3 is 0 Å². The van der Waals surface area contributed by atoms with Crippen molar-refractivity contribution in [2.24, 2.45) is 0 Å². The molecule has 3 aliphatic heterocycles. The monoisotopic (exact) mass is 456 g/mol. The van der Waals surface area contributed by atoms with Gasteiger partial charge in [0.25, 0.3) is 11.8 Å². The highest BCUT2D eigenvalue weighted by molar-refractivity contribution is 5.26. The predicted octanol–water partition coefficient (Wildman–Crippen LogP) is 7.87. The second-order valence-corrected chi connectivity index (χ2v) is 11.8. The number of hydrogen-bond donors (Lipinski definition) is 0. The summed E-state index contributed by atoms with van der Waals surface area (Å²) < 4.78 is 12.9. The van der Waals surface area contributed by atoms with Crippen molar-refractivity contribution in [2.45, 2.75) is 152 Å². The topological polar surface area (TPSA) is 24.9 Å². The van der Waals surface area contributed by atoms with Crippen molar-refractivity contribution in [1.82, 2.24) is 9.80 Å². The van der Waals surface area contributed by atoms with Crippen LogP contribution in [0.15, 0.2) is 11.8 Å². The summed E-state index contributed by atoms with van der Waals surface area (Å²) >= 11 is 0. The van der Waals surface area contributed by atoms with E-state index in [1.54, 1.807) is 0 Å². The molecule has 0 aromatic heterocycles. The zero-order valence-electron chi connectivity index (χ0n) is 21.2. The molecule has 4 nitrogen and oxygen atoms in total. The molecule has 2 radical (unpaired) electrons. The Morgan fingerprint density at radius 2 is 0.697 bits per heavy atom. The Bertz CT molecular complexity index is 582. The Hall–Kier alpha value is -1.06. The van der Waals surface area contributed by atoms with Gasteiger partial charge in [0.15, 0.2) is 0 Å². The third kappa shape index (κ3) is 5.15. The summed E-state index contributed by atoms with van der Waals surface area (Å²) in [5, 5.41) is 0. The van der Waals surface area contributed by atoms with Crippen LogP contribution in [0.5, 0.6) is 0 Å². The van der Waals surface area contributed by atoms with Gasteiger partial charge in [-0.25, -0.2) is 0 Å². The highest BCUT2D eigenvalue weighted by atomic mass is 16.6. The summed E-state index contributed by atoms with van der Waals surface area (Å²) in [7, 11) is 0. The molecule has 0 aromatic carbocycles. The van der Waals surface area contributed by atoms with Gasteiger partial charge in [-0.1, -0.05) is 116 Å². The van der Waals surface area contributed by atoms with Gasteiger partial charge in [-0.3, -0.25) is 9.80 Å². The van der Waals surface area contributed by atoms with E-state index in [4.69, 9.17) is 9.47 Å². The minimum Gasteiger partial charge on any atom is -0.473 e. The van der Waals surface area contributed by atoms with E-state index in [0.717, 1.165) is 25.0 Å². The molecule has 2 spiro atoms. The molecule has 0 bridgehead atoms. The van der Waals surface area contributed by atoms with Crippen molar-refractivity contribution in [3.8, 4) is 0 Å². The maximum Gasteiger partial charge on any atom is 0.254 e. The maximum atomic E-state index is 6.46. The van der Waals surface area contributed by atoms with Gasteiger partial charge in [0, 0.05) is 0 Å². The van der Waals surface area contributed by atoms with Gasteiger partial charge in [0.1, 0.15) is 13.2 Å². The van der Waals surface area contributed by atoms with Crippen molar-refractivity contribution in [3.05, 3.63) is 18.4 Å². The number of nitrogens with zero attached hydrogens (tertiary/aromatic N) is 2. The zero-order valence-corrected chi connectivity index (χ0v) is 21.2. The Labute approximate surface area is 203 Å². The Kier molecular flexibility index (Phi) is 7.98. The average Bonchev–Trinajstić information content (AvgIpc) is 3.45. The van der Waals surface area contributed by atoms with Crippen molar-refractivity contribution in [1.29, 1.82) is 0 Å². The maximum absolute atomic E-state index is 6.46. The number of fused-ring (bicyclic) bond motifs is 4. The summed E-state index contributed by atoms with van der Waals surface area (Å²) in [6, 6.07) is 0. The molecule has 0 N–H and O–H groups in total. The third-order valence-electron chi connectivity index (χ3n) is 9.26. The van der Waals surface area contributed by atoms with Crippen molar-refractivity contribution in [2.75, 3.05) is 13.2 Å². The molecular weight excluding hydrogens is 408 g/mol. The lowest BCUT2D eigenvalue weighted by atomic mass is 9.84. The van der Waals surface area contributed by atoms with Crippen LogP contribution in [0.2, 0.25) is 0 Å². The molecule has 4 fully saturated rings. The summed E-state index contributed by atoms with van der Waals surface area (Å²) in [6.45, 7) is 5.55. The molecule has 2 saturated heterocycles. The van der Waals surface area contributed by atoms with E-state index in [9.17, 15) is 0 Å². The molecule has 2 saturated carbocycles. The van der Waals surface area contributed by atoms with Crippen LogP contribution in [0.1, 0.15) is 141 Å². The second-order valence-electron chi connectivity index (χ2n) is 11.8. The van der Waals surface area contributed by atoms with E-state index in [2.05, 4.69) is 16.5 Å². The molecule has 33 heavy (non-hydrogen) atoms. The number of rotatable bonds is 0. The van der Waals surface area contributed by atoms with Crippen LogP contribution >= 0.6 is 0 Å². The summed E-state index contributed by atoms with van der Waals surface area (Å²) in [5.41, 5.74) is 0.198. The Morgan fingerprint density at radius 1 is 0.424 bits per heavy atom. The standard InChI is InChI=1S/C29H48N2O2/c1-3-7-11-15-19-28(20-16-12-8-4-1)23-32-26-27-31(25-30(26)28)29(24-33-27)21-17-13-9-5-2-6-10-14-18-22-29/h1-24H2. The molecule has 5 aliphatic rings. The van der Waals surface area contributed by atoms with Crippen molar-refractivity contribution in [3.63, 3.8) is 0 Å². The van der Waals surface area contributed by atoms with Gasteiger partial charge in [-0.15, -0.1) is 0 Å². The predicted molar refractivity (Wildman–Crippen MR) is 133 cm³/mol. The lowest BCUT2D eigenvalue weighted by molar-refractivity contribution is 0.0982. The highest BCUT2D eigenvalue weighted by Crippen LogP contribution is 2.52. The van der Waals surface area contributed by atoms with Crippen molar-refractivity contribution < 1.29 is 9.47 Å². The first-order valence-corrected chi connectivity index (χ1v) is 14.7. The lowest BCUT2D eigenvalue weighted by Crippen LogP contribution is -2.49. The smallest absolute Gasteiger partial charge is 0.254 e. The minimum absolute atomic E-state index is 0.0990. The van der Waals surface area contributed by atoms with Crippen LogP contribution in [0.3, 0.4) is 0 Å². The number of hydrogen-bond acceptors (Lipinski definition) is 4. The van der Waals surface area contributed by atoms with Crippen LogP contribution < -0.4 is 0 Å². The molecule has 5 rings (SSSR count). The SMILES string of the molecule is [C]1N2C(=C3OCC4(CCCCCCCCCCC4)N13)OCC21CCCCCCCCCCC1. The van der Waals surface area contributed by atoms with Gasteiger partial charge in [0.2, 0.25) is 6.67 Å². The molecule has 2 aliphatic carbocycles. The largest absolute Gasteiger partial charge is 0.473 e. The van der Waals surface area contributed by atoms with E-state index < -0.39 is 0 Å². The summed E-state index contributed by atoms with van der Waals surface area (Å²) in [4.78, 5) is 4.87. The Balaban J connectivity index is 1.31. The van der Waals surface area contributed by atoms with Crippen LogP contribution in [0, 0.1) is 6.67 Å². The van der Waals surface area contributed by atoms with Gasteiger partial charge in [-0.05, 0) is 25.7 Å². The molecule has 0 aromatic rings. The minimum atomic E-state index is 0.0990. The molecule has 0 unspecified atom stereocenters. The second kappa shape index (κ2) is 11.1. The van der Waals surface area contributed by atoms with E-state index >= 15 is 0 Å². The molecular formula is C29H48N2O2. The van der Waals surface area contributed by atoms with Crippen molar-refractivity contribution >= 4 is 0 Å². The fourth-order valence-corrected chi connectivity index (χ4v) is 7.09. The fourth-order valence-electron chi connectivity index (χ4n) is 7.09. The van der Waals surface area contributed by atoms with Crippen LogP contribution in [0.25, 0.3) is 0 Å². The highest BCUT2D eigenvalue weighted by Gasteiger charge is 2.58. The van der Waals surface area contributed by atoms with Gasteiger partial charge < -0.3 is 9.47 Å². The first-order valence-electron chi connectivity index (χ1n) is 14.7. The molecule has 0 atom stereocenters. The van der Waals surface area contributed by atoms with Crippen LogP contribution in [-0.2, 0) is 9.47 Å². The molecule has 186 valence electrons. The lowest BCUT2D eigenvalue weighted by Gasteiger charge is -2.40. The van der Waals surface area contributed by atoms with Crippen LogP contribution in [-0.4, -0.2) is 34.1 Å². The Morgan fingerprint density at radius 3 is 1.00 bits per heavy atom. The molecule has 4 heteroatoms. The molecule has 0 amide bonds. The molecule has 3 heterocycles. The number of ether oxygens (including phenoxy) is 2. The van der Waals surface area contributed by atoms with E-state index in [-0.39, 0.29) is 11.1 Å². The van der Waals surface area contributed by atoms with E-state index in [1.807, 2.05) is 0 Å². The average molecular weight is 457 g/mol. The zero-order chi connectivity index (χ0) is 22.4. The van der Waals surface area contributed by atoms with Gasteiger partial charge in [-0.2, -0.15) is 0 Å². The quantitative estimate of drug-likeness (QED) is 0.370. The summed E-state index contributed by atoms with van der Waals surface area (Å²) in [5.74, 6) is 1.98. The van der Waals surface area contributed by atoms with Crippen LogP contribution in [0.4, 0.5) is 0 Å². The van der Waals surface area contributed by atoms with E-state index in [0.29, 0.717) is 0 Å². The summed E-state index contributed by atoms with van der Waals surface area (Å²) in [6.07, 6.45) is 29.8. The first-order chi connectivity index (χ1) is 16.3.